The number of hydrogen-bond acceptors (Lipinski definition) is 8. The molecule has 1 aliphatic heterocycles. The lowest BCUT2D eigenvalue weighted by atomic mass is 10.0. The van der Waals surface area contributed by atoms with E-state index in [1.807, 2.05) is 6.07 Å². The monoisotopic (exact) mass is 461 g/mol. The Morgan fingerprint density at radius 2 is 2.07 bits per heavy atom. The third-order valence-corrected chi connectivity index (χ3v) is 5.97. The van der Waals surface area contributed by atoms with Gasteiger partial charge in [-0.3, -0.25) is 0 Å². The van der Waals surface area contributed by atoms with Crippen LogP contribution < -0.4 is 4.90 Å². The molecule has 1 aliphatic rings. The molecule has 0 aliphatic carbocycles. The van der Waals surface area contributed by atoms with E-state index >= 15 is 0 Å². The molecule has 1 saturated heterocycles. The molecular formula is C20H17Cl2N5O2S. The second kappa shape index (κ2) is 8.84. The molecule has 7 nitrogen and oxygen atoms in total. The van der Waals surface area contributed by atoms with Crippen LogP contribution in [0.25, 0.3) is 10.7 Å². The zero-order chi connectivity index (χ0) is 21.1. The Labute approximate surface area is 187 Å². The summed E-state index contributed by atoms with van der Waals surface area (Å²) in [6, 6.07) is 7.13. The molecule has 154 valence electrons. The van der Waals surface area contributed by atoms with Gasteiger partial charge in [-0.05, 0) is 35.8 Å². The molecule has 0 radical (unpaired) electrons. The molecule has 1 aromatic carbocycles. The molecule has 0 amide bonds. The lowest BCUT2D eigenvalue weighted by Gasteiger charge is -2.23. The van der Waals surface area contributed by atoms with E-state index in [1.165, 1.54) is 11.5 Å². The van der Waals surface area contributed by atoms with Gasteiger partial charge in [0.25, 0.3) is 0 Å². The first-order valence-corrected chi connectivity index (χ1v) is 10.6. The molecule has 4 rings (SSSR count). The van der Waals surface area contributed by atoms with E-state index in [1.54, 1.807) is 31.5 Å². The van der Waals surface area contributed by atoms with Crippen molar-refractivity contribution in [3.8, 4) is 22.5 Å². The van der Waals surface area contributed by atoms with Crippen molar-refractivity contribution >= 4 is 40.4 Å². The molecule has 10 heteroatoms. The number of nitrogens with zero attached hydrogens (tertiary/aromatic N) is 5. The highest BCUT2D eigenvalue weighted by atomic mass is 35.5. The molecule has 1 fully saturated rings. The Bertz CT molecular complexity index is 1110. The maximum atomic E-state index is 9.17. The fourth-order valence-corrected chi connectivity index (χ4v) is 4.35. The van der Waals surface area contributed by atoms with Crippen LogP contribution in [-0.4, -0.2) is 50.5 Å². The zero-order valence-corrected chi connectivity index (χ0v) is 18.3. The van der Waals surface area contributed by atoms with Gasteiger partial charge in [0.1, 0.15) is 17.9 Å². The van der Waals surface area contributed by atoms with Crippen LogP contribution in [0, 0.1) is 11.8 Å². The Hall–Kier alpha value is -2.28. The van der Waals surface area contributed by atoms with Crippen molar-refractivity contribution < 1.29 is 9.84 Å². The van der Waals surface area contributed by atoms with Crippen molar-refractivity contribution in [2.24, 2.45) is 0 Å². The third-order valence-electron chi connectivity index (χ3n) is 4.75. The Balaban J connectivity index is 1.56. The van der Waals surface area contributed by atoms with E-state index in [9.17, 15) is 0 Å². The number of anilines is 1. The van der Waals surface area contributed by atoms with E-state index < -0.39 is 5.60 Å². The molecule has 2 aromatic heterocycles. The lowest BCUT2D eigenvalue weighted by molar-refractivity contribution is 0.0602. The lowest BCUT2D eigenvalue weighted by Crippen LogP contribution is -2.34. The van der Waals surface area contributed by atoms with E-state index in [4.69, 9.17) is 33.0 Å². The highest BCUT2D eigenvalue weighted by Gasteiger charge is 2.37. The molecule has 0 spiro atoms. The fraction of sp³-hybridized carbons (Fsp3) is 0.300. The molecule has 1 unspecified atom stereocenters. The SMILES string of the molecule is COC1(C#Cc2cc(Cl)cc(Cl)c2)CCN(c2cnnc(-c3nc(CO)ns3)c2)C1. The van der Waals surface area contributed by atoms with Gasteiger partial charge in [-0.2, -0.15) is 9.47 Å². The van der Waals surface area contributed by atoms with Gasteiger partial charge in [-0.25, -0.2) is 4.98 Å². The largest absolute Gasteiger partial charge is 0.388 e. The maximum absolute atomic E-state index is 9.17. The molecule has 0 bridgehead atoms. The van der Waals surface area contributed by atoms with Crippen LogP contribution >= 0.6 is 34.7 Å². The highest BCUT2D eigenvalue weighted by Crippen LogP contribution is 2.31. The van der Waals surface area contributed by atoms with Crippen molar-refractivity contribution in [3.63, 3.8) is 0 Å². The van der Waals surface area contributed by atoms with Crippen LogP contribution in [0.15, 0.2) is 30.5 Å². The van der Waals surface area contributed by atoms with E-state index in [0.29, 0.717) is 33.1 Å². The maximum Gasteiger partial charge on any atom is 0.168 e. The summed E-state index contributed by atoms with van der Waals surface area (Å²) in [5.74, 6) is 6.77. The number of aliphatic hydroxyl groups excluding tert-OH is 1. The number of methoxy groups -OCH3 is 1. The molecule has 3 aromatic rings. The van der Waals surface area contributed by atoms with Gasteiger partial charge in [0.2, 0.25) is 0 Å². The number of rotatable bonds is 4. The molecule has 0 saturated carbocycles. The Morgan fingerprint density at radius 1 is 1.27 bits per heavy atom. The number of ether oxygens (including phenoxy) is 1. The molecule has 1 N–H and O–H groups in total. The van der Waals surface area contributed by atoms with Crippen molar-refractivity contribution in [1.29, 1.82) is 0 Å². The predicted molar refractivity (Wildman–Crippen MR) is 117 cm³/mol. The average Bonchev–Trinajstić information content (AvgIpc) is 3.40. The van der Waals surface area contributed by atoms with Crippen molar-refractivity contribution in [2.75, 3.05) is 25.1 Å². The van der Waals surface area contributed by atoms with Crippen LogP contribution in [0.4, 0.5) is 5.69 Å². The molecule has 1 atom stereocenters. The topological polar surface area (TPSA) is 84.3 Å². The van der Waals surface area contributed by atoms with Gasteiger partial charge in [0, 0.05) is 35.7 Å². The Morgan fingerprint density at radius 3 is 2.77 bits per heavy atom. The average molecular weight is 462 g/mol. The van der Waals surface area contributed by atoms with Crippen LogP contribution in [-0.2, 0) is 11.3 Å². The summed E-state index contributed by atoms with van der Waals surface area (Å²) in [7, 11) is 1.66. The van der Waals surface area contributed by atoms with Crippen molar-refractivity contribution in [1.82, 2.24) is 19.6 Å². The fourth-order valence-electron chi connectivity index (χ4n) is 3.19. The van der Waals surface area contributed by atoms with Crippen LogP contribution in [0.3, 0.4) is 0 Å². The first-order chi connectivity index (χ1) is 14.5. The molecular weight excluding hydrogens is 445 g/mol. The smallest absolute Gasteiger partial charge is 0.168 e. The number of hydrogen-bond donors (Lipinski definition) is 1. The molecule has 3 heterocycles. The first-order valence-electron chi connectivity index (χ1n) is 9.06. The minimum absolute atomic E-state index is 0.206. The summed E-state index contributed by atoms with van der Waals surface area (Å²) in [6.07, 6.45) is 2.43. The van der Waals surface area contributed by atoms with Gasteiger partial charge in [-0.1, -0.05) is 35.0 Å². The molecule has 30 heavy (non-hydrogen) atoms. The highest BCUT2D eigenvalue weighted by molar-refractivity contribution is 7.09. The van der Waals surface area contributed by atoms with Gasteiger partial charge < -0.3 is 14.7 Å². The summed E-state index contributed by atoms with van der Waals surface area (Å²) >= 11 is 13.3. The number of benzene rings is 1. The van der Waals surface area contributed by atoms with E-state index in [-0.39, 0.29) is 6.61 Å². The van der Waals surface area contributed by atoms with E-state index in [0.717, 1.165) is 24.2 Å². The zero-order valence-electron chi connectivity index (χ0n) is 16.0. The van der Waals surface area contributed by atoms with E-state index in [2.05, 4.69) is 36.3 Å². The second-order valence-corrected chi connectivity index (χ2v) is 8.38. The second-order valence-electron chi connectivity index (χ2n) is 6.75. The van der Waals surface area contributed by atoms with Crippen molar-refractivity contribution in [3.05, 3.63) is 51.9 Å². The standard InChI is InChI=1S/C20H17Cl2N5O2S/c1-29-20(3-2-13-6-14(21)8-15(22)7-13)4-5-27(12-20)16-9-17(25-23-10-16)19-24-18(11-28)26-30-19/h6-10,28H,4-5,11-12H2,1H3. The number of aliphatic hydroxyl groups is 1. The van der Waals surface area contributed by atoms with Gasteiger partial charge >= 0.3 is 0 Å². The van der Waals surface area contributed by atoms with Gasteiger partial charge in [-0.15, -0.1) is 5.10 Å². The summed E-state index contributed by atoms with van der Waals surface area (Å²) in [6.45, 7) is 1.12. The van der Waals surface area contributed by atoms with Gasteiger partial charge in [0.15, 0.2) is 10.8 Å². The summed E-state index contributed by atoms with van der Waals surface area (Å²) in [5, 5.41) is 19.1. The van der Waals surface area contributed by atoms with Crippen LogP contribution in [0.2, 0.25) is 10.0 Å². The quantitative estimate of drug-likeness (QED) is 0.595. The minimum atomic E-state index is -0.620. The first kappa shape index (κ1) is 21.0. The predicted octanol–water partition coefficient (Wildman–Crippen LogP) is 3.44. The minimum Gasteiger partial charge on any atom is -0.388 e. The van der Waals surface area contributed by atoms with Crippen LogP contribution in [0.5, 0.6) is 0 Å². The normalized spacial score (nSPS) is 18.3. The Kier molecular flexibility index (Phi) is 6.18. The number of aromatic nitrogens is 4. The van der Waals surface area contributed by atoms with Crippen molar-refractivity contribution in [2.45, 2.75) is 18.6 Å². The third kappa shape index (κ3) is 4.56. The van der Waals surface area contributed by atoms with Crippen LogP contribution in [0.1, 0.15) is 17.8 Å². The summed E-state index contributed by atoms with van der Waals surface area (Å²) in [5.41, 5.74) is 1.63. The summed E-state index contributed by atoms with van der Waals surface area (Å²) < 4.78 is 9.88. The number of halogens is 2. The van der Waals surface area contributed by atoms with Gasteiger partial charge in [0.05, 0.1) is 18.4 Å². The summed E-state index contributed by atoms with van der Waals surface area (Å²) in [4.78, 5) is 6.40.